The molecule has 27 heavy (non-hydrogen) atoms. The number of ether oxygens (including phenoxy) is 1. The van der Waals surface area contributed by atoms with Gasteiger partial charge in [-0.3, -0.25) is 9.69 Å². The molecule has 0 saturated carbocycles. The Hall–Kier alpha value is -2.66. The standard InChI is InChI=1S/C22H24N2O3/c1-16-12-23(13-17-8-4-2-5-9-17)14-19(16)21(25)24-20(15-27-22(24)26)18-10-6-3-7-11-18/h2-11,16,19-20H,12-15H2,1H3/t16-,19+,20-/m0/s1. The van der Waals surface area contributed by atoms with Gasteiger partial charge in [0.05, 0.1) is 5.92 Å². The molecule has 4 rings (SSSR count). The van der Waals surface area contributed by atoms with Crippen LogP contribution in [0.15, 0.2) is 60.7 Å². The number of benzene rings is 2. The maximum atomic E-state index is 13.2. The molecule has 3 atom stereocenters. The highest BCUT2D eigenvalue weighted by molar-refractivity contribution is 5.95. The molecule has 0 aliphatic carbocycles. The predicted octanol–water partition coefficient (Wildman–Crippen LogP) is 3.47. The van der Waals surface area contributed by atoms with Crippen molar-refractivity contribution in [1.29, 1.82) is 0 Å². The third kappa shape index (κ3) is 3.60. The highest BCUT2D eigenvalue weighted by Crippen LogP contribution is 2.33. The number of rotatable bonds is 4. The maximum Gasteiger partial charge on any atom is 0.417 e. The topological polar surface area (TPSA) is 49.9 Å². The molecule has 0 N–H and O–H groups in total. The van der Waals surface area contributed by atoms with E-state index in [4.69, 9.17) is 4.74 Å². The molecule has 2 aliphatic rings. The van der Waals surface area contributed by atoms with Crippen LogP contribution < -0.4 is 0 Å². The van der Waals surface area contributed by atoms with Gasteiger partial charge in [-0.2, -0.15) is 0 Å². The zero-order chi connectivity index (χ0) is 18.8. The Bertz CT molecular complexity index is 809. The summed E-state index contributed by atoms with van der Waals surface area (Å²) in [4.78, 5) is 29.2. The van der Waals surface area contributed by atoms with Gasteiger partial charge in [0, 0.05) is 19.6 Å². The fraction of sp³-hybridized carbons (Fsp3) is 0.364. The summed E-state index contributed by atoms with van der Waals surface area (Å²) in [5.74, 6) is -0.106. The van der Waals surface area contributed by atoms with Crippen LogP contribution in [0.25, 0.3) is 0 Å². The van der Waals surface area contributed by atoms with E-state index in [0.717, 1.165) is 18.7 Å². The van der Waals surface area contributed by atoms with Gasteiger partial charge < -0.3 is 4.74 Å². The summed E-state index contributed by atoms with van der Waals surface area (Å²) in [7, 11) is 0. The number of carbonyl (C=O) groups is 2. The SMILES string of the molecule is C[C@H]1CN(Cc2ccccc2)C[C@H]1C(=O)N1C(=O)OC[C@H]1c1ccccc1. The van der Waals surface area contributed by atoms with Crippen LogP contribution in [0.4, 0.5) is 4.79 Å². The summed E-state index contributed by atoms with van der Waals surface area (Å²) >= 11 is 0. The molecule has 5 heteroatoms. The molecule has 0 spiro atoms. The number of nitrogens with zero attached hydrogens (tertiary/aromatic N) is 2. The molecule has 0 aromatic heterocycles. The molecule has 140 valence electrons. The number of amides is 2. The van der Waals surface area contributed by atoms with Crippen LogP contribution in [0.5, 0.6) is 0 Å². The first-order valence-corrected chi connectivity index (χ1v) is 9.44. The maximum absolute atomic E-state index is 13.2. The van der Waals surface area contributed by atoms with Crippen LogP contribution in [0.3, 0.4) is 0 Å². The van der Waals surface area contributed by atoms with Crippen molar-refractivity contribution in [1.82, 2.24) is 9.80 Å². The Morgan fingerprint density at radius 1 is 1.04 bits per heavy atom. The van der Waals surface area contributed by atoms with E-state index in [2.05, 4.69) is 24.0 Å². The summed E-state index contributed by atoms with van der Waals surface area (Å²) in [5.41, 5.74) is 2.17. The lowest BCUT2D eigenvalue weighted by Gasteiger charge is -2.24. The van der Waals surface area contributed by atoms with E-state index in [1.807, 2.05) is 48.5 Å². The molecule has 2 saturated heterocycles. The van der Waals surface area contributed by atoms with Gasteiger partial charge in [-0.05, 0) is 17.0 Å². The lowest BCUT2D eigenvalue weighted by Crippen LogP contribution is -2.41. The lowest BCUT2D eigenvalue weighted by atomic mass is 9.95. The number of cyclic esters (lactones) is 1. The normalized spacial score (nSPS) is 25.6. The average molecular weight is 364 g/mol. The number of imide groups is 1. The van der Waals surface area contributed by atoms with Gasteiger partial charge in [-0.25, -0.2) is 9.69 Å². The monoisotopic (exact) mass is 364 g/mol. The van der Waals surface area contributed by atoms with E-state index in [9.17, 15) is 9.59 Å². The molecule has 2 aromatic carbocycles. The van der Waals surface area contributed by atoms with Gasteiger partial charge >= 0.3 is 6.09 Å². The Balaban J connectivity index is 1.49. The minimum absolute atomic E-state index is 0.116. The van der Waals surface area contributed by atoms with Gasteiger partial charge in [0.25, 0.3) is 0 Å². The zero-order valence-corrected chi connectivity index (χ0v) is 15.5. The van der Waals surface area contributed by atoms with E-state index in [0.29, 0.717) is 6.54 Å². The molecule has 2 heterocycles. The quantitative estimate of drug-likeness (QED) is 0.833. The zero-order valence-electron chi connectivity index (χ0n) is 15.5. The van der Waals surface area contributed by atoms with Crippen LogP contribution in [0.2, 0.25) is 0 Å². The number of hydrogen-bond donors (Lipinski definition) is 0. The summed E-state index contributed by atoms with van der Waals surface area (Å²) in [6.45, 7) is 4.65. The largest absolute Gasteiger partial charge is 0.446 e. The van der Waals surface area contributed by atoms with E-state index in [-0.39, 0.29) is 30.4 Å². The van der Waals surface area contributed by atoms with Crippen LogP contribution in [0.1, 0.15) is 24.1 Å². The van der Waals surface area contributed by atoms with Crippen LogP contribution in [-0.2, 0) is 16.1 Å². The molecule has 2 aromatic rings. The van der Waals surface area contributed by atoms with Crippen molar-refractivity contribution in [3.63, 3.8) is 0 Å². The highest BCUT2D eigenvalue weighted by Gasteiger charge is 2.45. The Kier molecular flexibility index (Phi) is 4.94. The number of hydrogen-bond acceptors (Lipinski definition) is 4. The second kappa shape index (κ2) is 7.53. The van der Waals surface area contributed by atoms with Gasteiger partial charge in [0.15, 0.2) is 0 Å². The fourth-order valence-corrected chi connectivity index (χ4v) is 4.12. The molecule has 0 radical (unpaired) electrons. The first-order valence-electron chi connectivity index (χ1n) is 9.44. The molecular formula is C22H24N2O3. The van der Waals surface area contributed by atoms with Crippen LogP contribution >= 0.6 is 0 Å². The van der Waals surface area contributed by atoms with Gasteiger partial charge in [0.2, 0.25) is 5.91 Å². The second-order valence-corrected chi connectivity index (χ2v) is 7.48. The van der Waals surface area contributed by atoms with Crippen molar-refractivity contribution < 1.29 is 14.3 Å². The molecular weight excluding hydrogens is 340 g/mol. The minimum atomic E-state index is -0.525. The molecule has 0 unspecified atom stereocenters. The van der Waals surface area contributed by atoms with Crippen molar-refractivity contribution in [2.24, 2.45) is 11.8 Å². The van der Waals surface area contributed by atoms with Crippen molar-refractivity contribution in [2.45, 2.75) is 19.5 Å². The Morgan fingerprint density at radius 2 is 1.70 bits per heavy atom. The third-order valence-electron chi connectivity index (χ3n) is 5.55. The van der Waals surface area contributed by atoms with E-state index in [1.54, 1.807) is 0 Å². The smallest absolute Gasteiger partial charge is 0.417 e. The van der Waals surface area contributed by atoms with Crippen molar-refractivity contribution in [2.75, 3.05) is 19.7 Å². The average Bonchev–Trinajstić information content (AvgIpc) is 3.25. The summed E-state index contributed by atoms with van der Waals surface area (Å²) < 4.78 is 5.22. The first-order chi connectivity index (χ1) is 13.1. The fourth-order valence-electron chi connectivity index (χ4n) is 4.12. The van der Waals surface area contributed by atoms with Crippen molar-refractivity contribution >= 4 is 12.0 Å². The molecule has 2 aliphatic heterocycles. The van der Waals surface area contributed by atoms with E-state index >= 15 is 0 Å². The van der Waals surface area contributed by atoms with Gasteiger partial charge in [-0.15, -0.1) is 0 Å². The molecule has 0 bridgehead atoms. The minimum Gasteiger partial charge on any atom is -0.446 e. The van der Waals surface area contributed by atoms with Crippen molar-refractivity contribution in [3.8, 4) is 0 Å². The predicted molar refractivity (Wildman–Crippen MR) is 102 cm³/mol. The Morgan fingerprint density at radius 3 is 2.41 bits per heavy atom. The first kappa shape index (κ1) is 17.7. The van der Waals surface area contributed by atoms with Gasteiger partial charge in [-0.1, -0.05) is 67.6 Å². The third-order valence-corrected chi connectivity index (χ3v) is 5.55. The van der Waals surface area contributed by atoms with Gasteiger partial charge in [0.1, 0.15) is 12.6 Å². The van der Waals surface area contributed by atoms with Crippen LogP contribution in [0, 0.1) is 11.8 Å². The second-order valence-electron chi connectivity index (χ2n) is 7.48. The summed E-state index contributed by atoms with van der Waals surface area (Å²) in [6.07, 6.45) is -0.525. The van der Waals surface area contributed by atoms with E-state index in [1.165, 1.54) is 10.5 Å². The van der Waals surface area contributed by atoms with Crippen molar-refractivity contribution in [3.05, 3.63) is 71.8 Å². The number of likely N-dealkylation sites (tertiary alicyclic amines) is 1. The van der Waals surface area contributed by atoms with E-state index < -0.39 is 6.09 Å². The highest BCUT2D eigenvalue weighted by atomic mass is 16.6. The van der Waals surface area contributed by atoms with Crippen LogP contribution in [-0.4, -0.2) is 41.5 Å². The molecule has 5 nitrogen and oxygen atoms in total. The lowest BCUT2D eigenvalue weighted by molar-refractivity contribution is -0.134. The summed E-state index contributed by atoms with van der Waals surface area (Å²) in [5, 5.41) is 0. The molecule has 2 fully saturated rings. The number of carbonyl (C=O) groups excluding carboxylic acids is 2. The Labute approximate surface area is 159 Å². The molecule has 2 amide bonds. The summed E-state index contributed by atoms with van der Waals surface area (Å²) in [6, 6.07) is 19.6.